The SMILES string of the molecule is COc1ccc(S(=O)(=O)CC(OC=O)c2cccc(NC(=O)CCCCCn3cc(C(C)C)nn3)c2)cc1. The Morgan fingerprint density at radius 3 is 2.53 bits per heavy atom. The molecule has 3 rings (SSSR count). The number of amides is 1. The molecule has 0 bridgehead atoms. The van der Waals surface area contributed by atoms with Gasteiger partial charge >= 0.3 is 0 Å². The summed E-state index contributed by atoms with van der Waals surface area (Å²) >= 11 is 0. The van der Waals surface area contributed by atoms with Gasteiger partial charge in [-0.3, -0.25) is 14.3 Å². The number of ether oxygens (including phenoxy) is 2. The molecule has 1 heterocycles. The fourth-order valence-corrected chi connectivity index (χ4v) is 5.24. The first-order valence-corrected chi connectivity index (χ1v) is 14.1. The first-order chi connectivity index (χ1) is 18.2. The minimum atomic E-state index is -3.77. The number of benzene rings is 2. The highest BCUT2D eigenvalue weighted by Gasteiger charge is 2.24. The van der Waals surface area contributed by atoms with E-state index >= 15 is 0 Å². The number of carbonyl (C=O) groups is 2. The minimum Gasteiger partial charge on any atom is -0.497 e. The number of rotatable bonds is 15. The molecule has 0 fully saturated rings. The lowest BCUT2D eigenvalue weighted by molar-refractivity contribution is -0.132. The molecule has 0 saturated heterocycles. The molecule has 1 aromatic heterocycles. The van der Waals surface area contributed by atoms with Gasteiger partial charge < -0.3 is 14.8 Å². The number of anilines is 1. The van der Waals surface area contributed by atoms with Crippen molar-refractivity contribution in [2.75, 3.05) is 18.2 Å². The average molecular weight is 543 g/mol. The Balaban J connectivity index is 1.53. The fourth-order valence-electron chi connectivity index (χ4n) is 3.82. The lowest BCUT2D eigenvalue weighted by Crippen LogP contribution is -2.18. The zero-order valence-corrected chi connectivity index (χ0v) is 22.7. The first kappa shape index (κ1) is 28.8. The monoisotopic (exact) mass is 542 g/mol. The highest BCUT2D eigenvalue weighted by atomic mass is 32.2. The molecule has 0 aliphatic heterocycles. The van der Waals surface area contributed by atoms with Crippen LogP contribution in [0.1, 0.15) is 62.8 Å². The van der Waals surface area contributed by atoms with E-state index in [1.807, 2.05) is 10.9 Å². The molecule has 204 valence electrons. The molecular weight excluding hydrogens is 508 g/mol. The van der Waals surface area contributed by atoms with E-state index in [-0.39, 0.29) is 17.3 Å². The molecule has 0 radical (unpaired) electrons. The first-order valence-electron chi connectivity index (χ1n) is 12.5. The normalized spacial score (nSPS) is 12.2. The van der Waals surface area contributed by atoms with Crippen LogP contribution in [-0.2, 0) is 30.7 Å². The predicted molar refractivity (Wildman–Crippen MR) is 143 cm³/mol. The summed E-state index contributed by atoms with van der Waals surface area (Å²) in [7, 11) is -2.28. The van der Waals surface area contributed by atoms with Gasteiger partial charge in [-0.15, -0.1) is 5.10 Å². The van der Waals surface area contributed by atoms with E-state index in [1.165, 1.54) is 19.2 Å². The van der Waals surface area contributed by atoms with Crippen LogP contribution in [0.3, 0.4) is 0 Å². The van der Waals surface area contributed by atoms with Gasteiger partial charge in [-0.05, 0) is 60.7 Å². The predicted octanol–water partition coefficient (Wildman–Crippen LogP) is 4.30. The Bertz CT molecular complexity index is 1310. The van der Waals surface area contributed by atoms with Crippen molar-refractivity contribution >= 4 is 27.9 Å². The second-order valence-electron chi connectivity index (χ2n) is 9.22. The number of unbranched alkanes of at least 4 members (excludes halogenated alkanes) is 2. The Kier molecular flexibility index (Phi) is 10.4. The summed E-state index contributed by atoms with van der Waals surface area (Å²) < 4.78 is 37.9. The maximum atomic E-state index is 12.9. The van der Waals surface area contributed by atoms with Gasteiger partial charge in [0.25, 0.3) is 6.47 Å². The number of nitrogens with one attached hydrogen (secondary N) is 1. The average Bonchev–Trinajstić information content (AvgIpc) is 3.38. The van der Waals surface area contributed by atoms with Crippen LogP contribution in [0.4, 0.5) is 5.69 Å². The van der Waals surface area contributed by atoms with Gasteiger partial charge in [-0.1, -0.05) is 37.6 Å². The van der Waals surface area contributed by atoms with Crippen molar-refractivity contribution in [2.45, 2.75) is 63.0 Å². The maximum Gasteiger partial charge on any atom is 0.293 e. The molecule has 1 unspecified atom stereocenters. The molecule has 2 aromatic carbocycles. The molecule has 0 aliphatic rings. The Morgan fingerprint density at radius 2 is 1.87 bits per heavy atom. The van der Waals surface area contributed by atoms with Crippen molar-refractivity contribution in [3.05, 3.63) is 66.0 Å². The lowest BCUT2D eigenvalue weighted by atomic mass is 10.1. The molecule has 38 heavy (non-hydrogen) atoms. The van der Waals surface area contributed by atoms with Crippen molar-refractivity contribution < 1.29 is 27.5 Å². The van der Waals surface area contributed by atoms with Crippen LogP contribution >= 0.6 is 0 Å². The van der Waals surface area contributed by atoms with Gasteiger partial charge in [-0.25, -0.2) is 8.42 Å². The van der Waals surface area contributed by atoms with E-state index in [2.05, 4.69) is 29.5 Å². The number of aromatic nitrogens is 3. The highest BCUT2D eigenvalue weighted by molar-refractivity contribution is 7.91. The van der Waals surface area contributed by atoms with Gasteiger partial charge in [0.1, 0.15) is 11.9 Å². The van der Waals surface area contributed by atoms with E-state index in [0.29, 0.717) is 35.8 Å². The van der Waals surface area contributed by atoms with Crippen molar-refractivity contribution in [1.29, 1.82) is 0 Å². The van der Waals surface area contributed by atoms with Gasteiger partial charge in [0, 0.05) is 24.8 Å². The molecule has 0 aliphatic carbocycles. The second-order valence-corrected chi connectivity index (χ2v) is 11.3. The van der Waals surface area contributed by atoms with E-state index in [9.17, 15) is 18.0 Å². The summed E-state index contributed by atoms with van der Waals surface area (Å²) in [5.74, 6) is 0.274. The number of methoxy groups -OCH3 is 1. The van der Waals surface area contributed by atoms with Crippen molar-refractivity contribution in [1.82, 2.24) is 15.0 Å². The van der Waals surface area contributed by atoms with Crippen LogP contribution in [0.25, 0.3) is 0 Å². The van der Waals surface area contributed by atoms with Crippen molar-refractivity contribution in [3.8, 4) is 5.75 Å². The van der Waals surface area contributed by atoms with Gasteiger partial charge in [-0.2, -0.15) is 0 Å². The van der Waals surface area contributed by atoms with E-state index in [1.54, 1.807) is 36.4 Å². The third-order valence-corrected chi connectivity index (χ3v) is 7.72. The molecule has 1 amide bonds. The smallest absolute Gasteiger partial charge is 0.293 e. The molecule has 0 saturated carbocycles. The van der Waals surface area contributed by atoms with E-state index in [0.717, 1.165) is 25.1 Å². The number of aryl methyl sites for hydroxylation is 1. The molecule has 3 aromatic rings. The molecule has 11 heteroatoms. The maximum absolute atomic E-state index is 12.9. The Morgan fingerprint density at radius 1 is 1.11 bits per heavy atom. The number of nitrogens with zero attached hydrogens (tertiary/aromatic N) is 3. The molecule has 1 N–H and O–H groups in total. The fraction of sp³-hybridized carbons (Fsp3) is 0.407. The quantitative estimate of drug-likeness (QED) is 0.222. The zero-order valence-electron chi connectivity index (χ0n) is 21.9. The summed E-state index contributed by atoms with van der Waals surface area (Å²) in [6.45, 7) is 5.12. The highest BCUT2D eigenvalue weighted by Crippen LogP contribution is 2.26. The summed E-state index contributed by atoms with van der Waals surface area (Å²) in [5.41, 5.74) is 1.92. The third-order valence-electron chi connectivity index (χ3n) is 5.99. The van der Waals surface area contributed by atoms with Crippen LogP contribution in [0, 0.1) is 0 Å². The number of hydrogen-bond acceptors (Lipinski definition) is 8. The third kappa shape index (κ3) is 8.41. The molecule has 10 nitrogen and oxygen atoms in total. The summed E-state index contributed by atoms with van der Waals surface area (Å²) in [4.78, 5) is 23.7. The van der Waals surface area contributed by atoms with Crippen LogP contribution in [0.5, 0.6) is 5.75 Å². The van der Waals surface area contributed by atoms with Crippen LogP contribution in [0.2, 0.25) is 0 Å². The van der Waals surface area contributed by atoms with Crippen LogP contribution in [-0.4, -0.2) is 48.7 Å². The zero-order chi connectivity index (χ0) is 27.5. The topological polar surface area (TPSA) is 129 Å². The summed E-state index contributed by atoms with van der Waals surface area (Å²) in [6.07, 6.45) is 3.73. The number of sulfone groups is 1. The van der Waals surface area contributed by atoms with E-state index < -0.39 is 21.7 Å². The van der Waals surface area contributed by atoms with Gasteiger partial charge in [0.2, 0.25) is 5.91 Å². The summed E-state index contributed by atoms with van der Waals surface area (Å²) in [5, 5.41) is 11.1. The Hall–Kier alpha value is -3.73. The Labute approximate surface area is 223 Å². The number of carbonyl (C=O) groups excluding carboxylic acids is 2. The molecular formula is C27H34N4O6S. The van der Waals surface area contributed by atoms with Crippen molar-refractivity contribution in [3.63, 3.8) is 0 Å². The molecule has 1 atom stereocenters. The largest absolute Gasteiger partial charge is 0.497 e. The van der Waals surface area contributed by atoms with Crippen LogP contribution in [0.15, 0.2) is 59.6 Å². The second kappa shape index (κ2) is 13.7. The standard InChI is InChI=1S/C27H34N4O6S/c1-20(2)25-17-31(30-29-25)15-6-4-5-10-27(33)28-22-9-7-8-21(16-22)26(37-19-32)18-38(34,35)24-13-11-23(36-3)12-14-24/h7-9,11-14,16-17,19-20,26H,4-6,10,15,18H2,1-3H3,(H,28,33). The van der Waals surface area contributed by atoms with Crippen molar-refractivity contribution in [2.24, 2.45) is 0 Å². The van der Waals surface area contributed by atoms with Crippen LogP contribution < -0.4 is 10.1 Å². The van der Waals surface area contributed by atoms with Gasteiger partial charge in [0.05, 0.1) is 23.5 Å². The van der Waals surface area contributed by atoms with Gasteiger partial charge in [0.15, 0.2) is 9.84 Å². The molecule has 0 spiro atoms. The van der Waals surface area contributed by atoms with E-state index in [4.69, 9.17) is 9.47 Å². The number of hydrogen-bond donors (Lipinski definition) is 1. The summed E-state index contributed by atoms with van der Waals surface area (Å²) in [6, 6.07) is 12.6. The minimum absolute atomic E-state index is 0.0893. The lowest BCUT2D eigenvalue weighted by Gasteiger charge is -2.17.